The summed E-state index contributed by atoms with van der Waals surface area (Å²) in [5.74, 6) is 1.20. The molecule has 0 amide bonds. The van der Waals surface area contributed by atoms with Crippen molar-refractivity contribution in [2.75, 3.05) is 24.6 Å². The molecule has 5 nitrogen and oxygen atoms in total. The number of aliphatic imine (C=N–C) groups is 1. The molecule has 0 saturated carbocycles. The van der Waals surface area contributed by atoms with Crippen molar-refractivity contribution in [2.24, 2.45) is 4.99 Å². The molecule has 2 rings (SSSR count). The smallest absolute Gasteiger partial charge is 0.191 e. The zero-order valence-corrected chi connectivity index (χ0v) is 18.5. The summed E-state index contributed by atoms with van der Waals surface area (Å²) in [6.45, 7) is 3.47. The van der Waals surface area contributed by atoms with E-state index in [-0.39, 0.29) is 41.5 Å². The lowest BCUT2D eigenvalue weighted by atomic mass is 10.3. The summed E-state index contributed by atoms with van der Waals surface area (Å²) in [7, 11) is -2.86. The second-order valence-corrected chi connectivity index (χ2v) is 10.3. The maximum Gasteiger partial charge on any atom is 0.191 e. The summed E-state index contributed by atoms with van der Waals surface area (Å²) in [4.78, 5) is 5.85. The number of nitrogens with one attached hydrogen (secondary N) is 2. The topological polar surface area (TPSA) is 70.6 Å². The van der Waals surface area contributed by atoms with E-state index in [9.17, 15) is 8.42 Å². The van der Waals surface area contributed by atoms with Gasteiger partial charge in [-0.15, -0.1) is 35.3 Å². The molecule has 9 heteroatoms. The van der Waals surface area contributed by atoms with E-state index in [1.807, 2.05) is 6.92 Å². The predicted molar refractivity (Wildman–Crippen MR) is 112 cm³/mol. The Morgan fingerprint density at radius 2 is 2.27 bits per heavy atom. The van der Waals surface area contributed by atoms with Gasteiger partial charge in [-0.05, 0) is 48.1 Å². The second kappa shape index (κ2) is 9.62. The molecule has 0 spiro atoms. The van der Waals surface area contributed by atoms with E-state index in [1.54, 1.807) is 11.3 Å². The average Bonchev–Trinajstić information content (AvgIpc) is 2.96. The van der Waals surface area contributed by atoms with Gasteiger partial charge in [0.1, 0.15) is 0 Å². The normalized spacial score (nSPS) is 20.5. The van der Waals surface area contributed by atoms with Crippen LogP contribution in [0.1, 0.15) is 18.2 Å². The number of rotatable bonds is 5. The number of hydrogen-bond acceptors (Lipinski definition) is 4. The first kappa shape index (κ1) is 20.4. The van der Waals surface area contributed by atoms with Gasteiger partial charge in [-0.1, -0.05) is 0 Å². The van der Waals surface area contributed by atoms with Crippen molar-refractivity contribution >= 4 is 73.7 Å². The molecule has 1 aliphatic rings. The second-order valence-electron chi connectivity index (χ2n) is 4.96. The molecule has 2 heterocycles. The van der Waals surface area contributed by atoms with Gasteiger partial charge in [0.05, 0.1) is 14.4 Å². The quantitative estimate of drug-likeness (QED) is 0.325. The number of nitrogens with zero attached hydrogens (tertiary/aromatic N) is 1. The summed E-state index contributed by atoms with van der Waals surface area (Å²) in [5.41, 5.74) is 0. The SMILES string of the molecule is CCNC(=NCCc1ccc(I)s1)NC1CCS(=O)(=O)C1.I. The van der Waals surface area contributed by atoms with Crippen LogP contribution in [-0.2, 0) is 16.3 Å². The fourth-order valence-electron chi connectivity index (χ4n) is 2.19. The standard InChI is InChI=1S/C13H20IN3O2S2.HI/c1-2-15-13(17-10-6-8-21(18,19)9-10)16-7-5-11-3-4-12(14)20-11;/h3-4,10H,2,5-9H2,1H3,(H2,15,16,17);1H. The molecule has 1 aromatic heterocycles. The van der Waals surface area contributed by atoms with Crippen LogP contribution < -0.4 is 10.6 Å². The average molecular weight is 569 g/mol. The number of halogens is 2. The Bertz CT molecular complexity index is 602. The number of sulfone groups is 1. The van der Waals surface area contributed by atoms with Crippen molar-refractivity contribution < 1.29 is 8.42 Å². The molecule has 1 atom stereocenters. The van der Waals surface area contributed by atoms with Crippen LogP contribution in [-0.4, -0.2) is 45.0 Å². The summed E-state index contributed by atoms with van der Waals surface area (Å²) in [6.07, 6.45) is 1.57. The van der Waals surface area contributed by atoms with Crippen molar-refractivity contribution in [1.29, 1.82) is 0 Å². The summed E-state index contributed by atoms with van der Waals surface area (Å²) in [6, 6.07) is 4.22. The fourth-order valence-corrected chi connectivity index (χ4v) is 5.60. The third-order valence-electron chi connectivity index (χ3n) is 3.17. The number of guanidine groups is 1. The zero-order valence-electron chi connectivity index (χ0n) is 12.3. The van der Waals surface area contributed by atoms with E-state index in [2.05, 4.69) is 50.3 Å². The van der Waals surface area contributed by atoms with Crippen molar-refractivity contribution in [3.05, 3.63) is 19.9 Å². The van der Waals surface area contributed by atoms with Crippen molar-refractivity contribution in [3.8, 4) is 0 Å². The molecule has 0 radical (unpaired) electrons. The molecule has 1 aliphatic heterocycles. The Kier molecular flexibility index (Phi) is 8.93. The van der Waals surface area contributed by atoms with Gasteiger partial charge < -0.3 is 10.6 Å². The summed E-state index contributed by atoms with van der Waals surface area (Å²) >= 11 is 4.10. The van der Waals surface area contributed by atoms with Crippen molar-refractivity contribution in [3.63, 3.8) is 0 Å². The van der Waals surface area contributed by atoms with Crippen molar-refractivity contribution in [2.45, 2.75) is 25.8 Å². The van der Waals surface area contributed by atoms with Crippen LogP contribution in [0.3, 0.4) is 0 Å². The maximum atomic E-state index is 11.5. The van der Waals surface area contributed by atoms with Crippen LogP contribution in [0, 0.1) is 2.88 Å². The van der Waals surface area contributed by atoms with Gasteiger partial charge >= 0.3 is 0 Å². The highest BCUT2D eigenvalue weighted by Gasteiger charge is 2.28. The van der Waals surface area contributed by atoms with Gasteiger partial charge in [0.2, 0.25) is 0 Å². The van der Waals surface area contributed by atoms with Gasteiger partial charge in [0, 0.05) is 30.4 Å². The first-order valence-electron chi connectivity index (χ1n) is 6.98. The number of thiophene rings is 1. The van der Waals surface area contributed by atoms with E-state index in [1.165, 1.54) is 7.76 Å². The lowest BCUT2D eigenvalue weighted by molar-refractivity contribution is 0.599. The van der Waals surface area contributed by atoms with E-state index >= 15 is 0 Å². The molecule has 0 aromatic carbocycles. The lowest BCUT2D eigenvalue weighted by Crippen LogP contribution is -2.44. The van der Waals surface area contributed by atoms with Gasteiger partial charge in [0.15, 0.2) is 15.8 Å². The Morgan fingerprint density at radius 1 is 1.50 bits per heavy atom. The highest BCUT2D eigenvalue weighted by Crippen LogP contribution is 2.18. The van der Waals surface area contributed by atoms with E-state index in [4.69, 9.17) is 0 Å². The highest BCUT2D eigenvalue weighted by atomic mass is 127. The minimum Gasteiger partial charge on any atom is -0.357 e. The fraction of sp³-hybridized carbons (Fsp3) is 0.615. The Labute approximate surface area is 166 Å². The molecule has 0 aliphatic carbocycles. The van der Waals surface area contributed by atoms with Crippen LogP contribution >= 0.6 is 57.9 Å². The molecule has 1 fully saturated rings. The Hall–Kier alpha value is 0.380. The number of hydrogen-bond donors (Lipinski definition) is 2. The van der Waals surface area contributed by atoms with Crippen LogP contribution in [0.25, 0.3) is 0 Å². The maximum absolute atomic E-state index is 11.5. The minimum absolute atomic E-state index is 0. The van der Waals surface area contributed by atoms with E-state index in [0.29, 0.717) is 18.9 Å². The monoisotopic (exact) mass is 569 g/mol. The molecular formula is C13H21I2N3O2S2. The van der Waals surface area contributed by atoms with Crippen LogP contribution in [0.2, 0.25) is 0 Å². The third-order valence-corrected chi connectivity index (χ3v) is 6.90. The molecule has 1 saturated heterocycles. The largest absolute Gasteiger partial charge is 0.357 e. The summed E-state index contributed by atoms with van der Waals surface area (Å²) in [5, 5.41) is 6.40. The highest BCUT2D eigenvalue weighted by molar-refractivity contribution is 14.1. The molecular weight excluding hydrogens is 548 g/mol. The third kappa shape index (κ3) is 6.87. The Balaban J connectivity index is 0.00000242. The molecule has 1 unspecified atom stereocenters. The zero-order chi connectivity index (χ0) is 15.3. The molecule has 1 aromatic rings. The van der Waals surface area contributed by atoms with Gasteiger partial charge in [-0.25, -0.2) is 8.42 Å². The van der Waals surface area contributed by atoms with Crippen LogP contribution in [0.4, 0.5) is 0 Å². The molecule has 2 N–H and O–H groups in total. The van der Waals surface area contributed by atoms with Gasteiger partial charge in [0.25, 0.3) is 0 Å². The van der Waals surface area contributed by atoms with E-state index < -0.39 is 9.84 Å². The minimum atomic E-state index is -2.86. The Morgan fingerprint density at radius 3 is 2.82 bits per heavy atom. The summed E-state index contributed by atoms with van der Waals surface area (Å²) < 4.78 is 24.2. The van der Waals surface area contributed by atoms with Gasteiger partial charge in [-0.2, -0.15) is 0 Å². The van der Waals surface area contributed by atoms with Crippen molar-refractivity contribution in [1.82, 2.24) is 10.6 Å². The van der Waals surface area contributed by atoms with Crippen LogP contribution in [0.15, 0.2) is 17.1 Å². The molecule has 0 bridgehead atoms. The predicted octanol–water partition coefficient (Wildman–Crippen LogP) is 2.26. The van der Waals surface area contributed by atoms with E-state index in [0.717, 1.165) is 13.0 Å². The van der Waals surface area contributed by atoms with Crippen LogP contribution in [0.5, 0.6) is 0 Å². The lowest BCUT2D eigenvalue weighted by Gasteiger charge is -2.15. The first-order chi connectivity index (χ1) is 9.98. The van der Waals surface area contributed by atoms with Gasteiger partial charge in [-0.3, -0.25) is 4.99 Å². The first-order valence-corrected chi connectivity index (χ1v) is 10.7. The molecule has 22 heavy (non-hydrogen) atoms. The molecule has 126 valence electrons.